The van der Waals surface area contributed by atoms with Crippen LogP contribution in [-0.2, 0) is 12.0 Å². The maximum Gasteiger partial charge on any atom is 0.274 e. The molecule has 0 aromatic heterocycles. The monoisotopic (exact) mass is 237 g/mol. The highest BCUT2D eigenvalue weighted by molar-refractivity contribution is 6.49. The second-order valence-electron chi connectivity index (χ2n) is 5.21. The fourth-order valence-electron chi connectivity index (χ4n) is 1.86. The van der Waals surface area contributed by atoms with Crippen LogP contribution in [0.5, 0.6) is 5.75 Å². The third-order valence-electron chi connectivity index (χ3n) is 2.35. The maximum absolute atomic E-state index is 9.39. The minimum Gasteiger partial charge on any atom is -0.542 e. The van der Waals surface area contributed by atoms with Gasteiger partial charge in [0.1, 0.15) is 5.75 Å². The summed E-state index contributed by atoms with van der Waals surface area (Å²) in [6, 6.07) is 5.91. The number of benzene rings is 1. The molecule has 0 saturated heterocycles. The molecule has 0 heterocycles. The molecule has 0 bridgehead atoms. The Bertz CT molecular complexity index is 353. The molecule has 0 spiro atoms. The Labute approximate surface area is 100.0 Å². The quantitative estimate of drug-likeness (QED) is 0.819. The summed E-state index contributed by atoms with van der Waals surface area (Å²) in [5.41, 5.74) is 2.09. The summed E-state index contributed by atoms with van der Waals surface area (Å²) in [4.78, 5) is 0. The van der Waals surface area contributed by atoms with Crippen LogP contribution in [0.1, 0.15) is 31.9 Å². The van der Waals surface area contributed by atoms with Gasteiger partial charge in [0.2, 0.25) is 0 Å². The lowest BCUT2D eigenvalue weighted by Gasteiger charge is -2.26. The smallest absolute Gasteiger partial charge is 0.274 e. The minimum absolute atomic E-state index is 0.00796. The molecule has 0 amide bonds. The van der Waals surface area contributed by atoms with Crippen molar-refractivity contribution in [3.63, 3.8) is 0 Å². The van der Waals surface area contributed by atoms with Crippen molar-refractivity contribution in [2.75, 3.05) is 0 Å². The summed E-state index contributed by atoms with van der Waals surface area (Å²) in [6.07, 6.45) is 0. The van der Waals surface area contributed by atoms with E-state index in [0.717, 1.165) is 16.9 Å². The van der Waals surface area contributed by atoms with E-state index in [9.17, 15) is 5.11 Å². The molecule has 1 aromatic rings. The van der Waals surface area contributed by atoms with Crippen molar-refractivity contribution in [1.29, 1.82) is 0 Å². The van der Waals surface area contributed by atoms with Crippen LogP contribution in [0.2, 0.25) is 13.1 Å². The van der Waals surface area contributed by atoms with E-state index in [0.29, 0.717) is 0 Å². The molecule has 0 aliphatic heterocycles. The largest absolute Gasteiger partial charge is 0.542 e. The zero-order valence-electron chi connectivity index (χ0n) is 10.8. The van der Waals surface area contributed by atoms with E-state index in [4.69, 9.17) is 4.43 Å². The fraction of sp³-hybridized carbons (Fsp3) is 0.538. The molecule has 3 heteroatoms. The van der Waals surface area contributed by atoms with Gasteiger partial charge in [0, 0.05) is 5.56 Å². The van der Waals surface area contributed by atoms with E-state index in [1.54, 1.807) is 0 Å². The Morgan fingerprint density at radius 2 is 1.88 bits per heavy atom. The van der Waals surface area contributed by atoms with Gasteiger partial charge in [-0.05, 0) is 30.1 Å². The lowest BCUT2D eigenvalue weighted by Crippen LogP contribution is -2.20. The first-order valence-corrected chi connectivity index (χ1v) is 7.98. The first-order chi connectivity index (χ1) is 7.36. The number of rotatable bonds is 3. The highest BCUT2D eigenvalue weighted by atomic mass is 28.3. The van der Waals surface area contributed by atoms with E-state index in [-0.39, 0.29) is 12.0 Å². The van der Waals surface area contributed by atoms with Crippen LogP contribution in [-0.4, -0.2) is 14.1 Å². The number of aliphatic hydroxyl groups excluding tert-OH is 1. The van der Waals surface area contributed by atoms with Crippen LogP contribution >= 0.6 is 0 Å². The molecule has 0 aliphatic rings. The topological polar surface area (TPSA) is 29.5 Å². The number of hydrogen-bond donors (Lipinski definition) is 1. The van der Waals surface area contributed by atoms with Gasteiger partial charge in [-0.3, -0.25) is 0 Å². The molecule has 0 unspecified atom stereocenters. The summed E-state index contributed by atoms with van der Waals surface area (Å²) in [5.74, 6) is 0.929. The molecular formula is C13H21O2Si. The third kappa shape index (κ3) is 3.09. The van der Waals surface area contributed by atoms with Gasteiger partial charge in [-0.2, -0.15) is 0 Å². The van der Waals surface area contributed by atoms with Crippen molar-refractivity contribution in [2.45, 2.75) is 45.9 Å². The minimum atomic E-state index is -0.775. The summed E-state index contributed by atoms with van der Waals surface area (Å²) < 4.78 is 5.91. The Morgan fingerprint density at radius 1 is 1.25 bits per heavy atom. The standard InChI is InChI=1S/C13H21O2Si/c1-13(2,3)12-10(9-14)7-6-8-11(12)15-16(4)5/h6-8,14H,9H2,1-5H3. The van der Waals surface area contributed by atoms with E-state index >= 15 is 0 Å². The van der Waals surface area contributed by atoms with Gasteiger partial charge in [0.25, 0.3) is 9.04 Å². The van der Waals surface area contributed by atoms with Crippen LogP contribution in [0.15, 0.2) is 18.2 Å². The highest BCUT2D eigenvalue weighted by Gasteiger charge is 2.22. The van der Waals surface area contributed by atoms with Crippen molar-refractivity contribution in [2.24, 2.45) is 0 Å². The van der Waals surface area contributed by atoms with Crippen LogP contribution in [0, 0.1) is 0 Å². The molecule has 0 saturated carbocycles. The first kappa shape index (κ1) is 13.3. The molecule has 0 fully saturated rings. The summed E-state index contributed by atoms with van der Waals surface area (Å²) >= 11 is 0. The second kappa shape index (κ2) is 5.02. The van der Waals surface area contributed by atoms with Gasteiger partial charge < -0.3 is 9.53 Å². The molecule has 1 aromatic carbocycles. The van der Waals surface area contributed by atoms with Crippen molar-refractivity contribution in [3.8, 4) is 5.75 Å². The van der Waals surface area contributed by atoms with Crippen LogP contribution < -0.4 is 4.43 Å². The Kier molecular flexibility index (Phi) is 4.16. The van der Waals surface area contributed by atoms with Crippen molar-refractivity contribution in [3.05, 3.63) is 29.3 Å². The summed E-state index contributed by atoms with van der Waals surface area (Å²) in [7, 11) is -0.775. The fourth-order valence-corrected chi connectivity index (χ4v) is 2.47. The predicted molar refractivity (Wildman–Crippen MR) is 69.2 cm³/mol. The van der Waals surface area contributed by atoms with Crippen LogP contribution in [0.4, 0.5) is 0 Å². The molecule has 16 heavy (non-hydrogen) atoms. The Hall–Kier alpha value is -0.803. The van der Waals surface area contributed by atoms with Crippen molar-refractivity contribution < 1.29 is 9.53 Å². The lowest BCUT2D eigenvalue weighted by atomic mass is 9.83. The Morgan fingerprint density at radius 3 is 2.31 bits per heavy atom. The second-order valence-corrected chi connectivity index (χ2v) is 7.23. The summed E-state index contributed by atoms with van der Waals surface area (Å²) in [5, 5.41) is 9.39. The van der Waals surface area contributed by atoms with Crippen LogP contribution in [0.3, 0.4) is 0 Å². The van der Waals surface area contributed by atoms with E-state index in [2.05, 4.69) is 33.9 Å². The molecular weight excluding hydrogens is 216 g/mol. The average molecular weight is 237 g/mol. The first-order valence-electron chi connectivity index (χ1n) is 5.57. The molecule has 1 rings (SSSR count). The molecule has 1 N–H and O–H groups in total. The maximum atomic E-state index is 9.39. The third-order valence-corrected chi connectivity index (χ3v) is 2.98. The van der Waals surface area contributed by atoms with E-state index < -0.39 is 9.04 Å². The van der Waals surface area contributed by atoms with Gasteiger partial charge in [-0.15, -0.1) is 0 Å². The SMILES string of the molecule is C[Si](C)Oc1cccc(CO)c1C(C)(C)C. The molecule has 2 nitrogen and oxygen atoms in total. The van der Waals surface area contributed by atoms with E-state index in [1.807, 2.05) is 18.2 Å². The predicted octanol–water partition coefficient (Wildman–Crippen LogP) is 3.11. The molecule has 0 aliphatic carbocycles. The Balaban J connectivity index is 3.26. The lowest BCUT2D eigenvalue weighted by molar-refractivity contribution is 0.277. The van der Waals surface area contributed by atoms with Crippen LogP contribution in [0.25, 0.3) is 0 Å². The molecule has 1 radical (unpaired) electrons. The normalized spacial score (nSPS) is 11.9. The van der Waals surface area contributed by atoms with Gasteiger partial charge in [0.15, 0.2) is 0 Å². The van der Waals surface area contributed by atoms with Gasteiger partial charge in [-0.1, -0.05) is 32.9 Å². The van der Waals surface area contributed by atoms with E-state index in [1.165, 1.54) is 0 Å². The van der Waals surface area contributed by atoms with Gasteiger partial charge in [0.05, 0.1) is 6.61 Å². The van der Waals surface area contributed by atoms with Crippen molar-refractivity contribution in [1.82, 2.24) is 0 Å². The van der Waals surface area contributed by atoms with Gasteiger partial charge >= 0.3 is 0 Å². The van der Waals surface area contributed by atoms with Crippen molar-refractivity contribution >= 4 is 9.04 Å². The number of hydrogen-bond acceptors (Lipinski definition) is 2. The highest BCUT2D eigenvalue weighted by Crippen LogP contribution is 2.34. The average Bonchev–Trinajstić information content (AvgIpc) is 2.14. The zero-order valence-corrected chi connectivity index (χ0v) is 11.8. The number of aliphatic hydroxyl groups is 1. The molecule has 0 atom stereocenters. The zero-order chi connectivity index (χ0) is 12.3. The molecule has 89 valence electrons. The summed E-state index contributed by atoms with van der Waals surface area (Å²) in [6.45, 7) is 10.7. The van der Waals surface area contributed by atoms with Gasteiger partial charge in [-0.25, -0.2) is 0 Å².